The molecule has 0 atom stereocenters. The number of hydrogen-bond acceptors (Lipinski definition) is 5. The first kappa shape index (κ1) is 14.2. The smallest absolute Gasteiger partial charge is 0.120 e. The molecule has 2 N–H and O–H groups in total. The summed E-state index contributed by atoms with van der Waals surface area (Å²) in [5.74, 6) is 2.16. The predicted octanol–water partition coefficient (Wildman–Crippen LogP) is 4.15. The molecule has 2 rings (SSSR count). The number of nitrogen functional groups attached to an aromatic ring is 1. The van der Waals surface area contributed by atoms with Crippen molar-refractivity contribution in [1.29, 1.82) is 0 Å². The second-order valence-electron chi connectivity index (χ2n) is 4.52. The van der Waals surface area contributed by atoms with Gasteiger partial charge in [-0.05, 0) is 18.2 Å². The van der Waals surface area contributed by atoms with Crippen LogP contribution in [0.5, 0.6) is 5.75 Å². The van der Waals surface area contributed by atoms with Gasteiger partial charge in [-0.1, -0.05) is 13.8 Å². The third-order valence-corrected chi connectivity index (χ3v) is 4.96. The first-order valence-corrected chi connectivity index (χ1v) is 7.97. The van der Waals surface area contributed by atoms with Crippen LogP contribution in [-0.4, -0.2) is 12.1 Å². The van der Waals surface area contributed by atoms with Crippen LogP contribution < -0.4 is 10.5 Å². The molecule has 1 heterocycles. The van der Waals surface area contributed by atoms with Crippen molar-refractivity contribution < 1.29 is 4.74 Å². The second-order valence-corrected chi connectivity index (χ2v) is 6.43. The summed E-state index contributed by atoms with van der Waals surface area (Å²) in [6.07, 6.45) is 0. The number of anilines is 1. The minimum atomic E-state index is 0.491. The number of ether oxygens (including phenoxy) is 1. The summed E-state index contributed by atoms with van der Waals surface area (Å²) >= 11 is 3.42. The van der Waals surface area contributed by atoms with Gasteiger partial charge in [-0.25, -0.2) is 4.98 Å². The molecular formula is C14H18N2OS2. The monoisotopic (exact) mass is 294 g/mol. The Morgan fingerprint density at radius 1 is 1.42 bits per heavy atom. The molecule has 102 valence electrons. The summed E-state index contributed by atoms with van der Waals surface area (Å²) in [4.78, 5) is 5.66. The van der Waals surface area contributed by atoms with E-state index in [0.29, 0.717) is 5.92 Å². The van der Waals surface area contributed by atoms with Gasteiger partial charge in [0.05, 0.1) is 17.8 Å². The minimum Gasteiger partial charge on any atom is -0.497 e. The summed E-state index contributed by atoms with van der Waals surface area (Å²) in [7, 11) is 1.66. The largest absolute Gasteiger partial charge is 0.497 e. The molecule has 0 unspecified atom stereocenters. The first-order chi connectivity index (χ1) is 9.10. The van der Waals surface area contributed by atoms with Gasteiger partial charge >= 0.3 is 0 Å². The lowest BCUT2D eigenvalue weighted by Gasteiger charge is -2.07. The van der Waals surface area contributed by atoms with E-state index in [1.165, 1.54) is 5.01 Å². The lowest BCUT2D eigenvalue weighted by atomic mass is 10.2. The highest BCUT2D eigenvalue weighted by Crippen LogP contribution is 2.32. The van der Waals surface area contributed by atoms with Gasteiger partial charge in [0.1, 0.15) is 5.75 Å². The average Bonchev–Trinajstić information content (AvgIpc) is 2.87. The fourth-order valence-corrected chi connectivity index (χ4v) is 3.40. The molecule has 19 heavy (non-hydrogen) atoms. The van der Waals surface area contributed by atoms with Gasteiger partial charge in [-0.2, -0.15) is 0 Å². The van der Waals surface area contributed by atoms with Crippen LogP contribution in [0.1, 0.15) is 30.5 Å². The molecule has 0 bridgehead atoms. The third kappa shape index (κ3) is 3.64. The van der Waals surface area contributed by atoms with Crippen molar-refractivity contribution in [2.75, 3.05) is 12.8 Å². The van der Waals surface area contributed by atoms with Crippen LogP contribution >= 0.6 is 23.1 Å². The van der Waals surface area contributed by atoms with Gasteiger partial charge in [0, 0.05) is 27.6 Å². The number of rotatable bonds is 5. The van der Waals surface area contributed by atoms with E-state index in [-0.39, 0.29) is 0 Å². The molecule has 0 saturated carbocycles. The quantitative estimate of drug-likeness (QED) is 0.665. The van der Waals surface area contributed by atoms with Crippen LogP contribution in [0.2, 0.25) is 0 Å². The van der Waals surface area contributed by atoms with Crippen LogP contribution in [0.25, 0.3) is 0 Å². The van der Waals surface area contributed by atoms with E-state index in [9.17, 15) is 0 Å². The lowest BCUT2D eigenvalue weighted by molar-refractivity contribution is 0.414. The zero-order valence-corrected chi connectivity index (χ0v) is 13.0. The van der Waals surface area contributed by atoms with E-state index in [0.717, 1.165) is 27.8 Å². The molecule has 0 aliphatic carbocycles. The molecular weight excluding hydrogens is 276 g/mol. The second kappa shape index (κ2) is 6.30. The summed E-state index contributed by atoms with van der Waals surface area (Å²) in [6, 6.07) is 5.72. The molecule has 0 aliphatic rings. The normalized spacial score (nSPS) is 10.9. The number of thioether (sulfide) groups is 1. The zero-order valence-electron chi connectivity index (χ0n) is 11.3. The molecule has 0 aliphatic heterocycles. The summed E-state index contributed by atoms with van der Waals surface area (Å²) in [6.45, 7) is 4.33. The Morgan fingerprint density at radius 2 is 2.21 bits per heavy atom. The third-order valence-electron chi connectivity index (χ3n) is 2.66. The van der Waals surface area contributed by atoms with E-state index >= 15 is 0 Å². The van der Waals surface area contributed by atoms with Crippen molar-refractivity contribution in [2.45, 2.75) is 30.4 Å². The van der Waals surface area contributed by atoms with Gasteiger partial charge in [0.25, 0.3) is 0 Å². The molecule has 1 aromatic carbocycles. The molecule has 0 saturated heterocycles. The van der Waals surface area contributed by atoms with Gasteiger partial charge in [-0.15, -0.1) is 23.1 Å². The molecule has 1 aromatic heterocycles. The number of methoxy groups -OCH3 is 1. The van der Waals surface area contributed by atoms with E-state index in [2.05, 4.69) is 24.2 Å². The summed E-state index contributed by atoms with van der Waals surface area (Å²) in [5, 5.41) is 3.31. The van der Waals surface area contributed by atoms with E-state index in [1.54, 1.807) is 30.2 Å². The van der Waals surface area contributed by atoms with Crippen molar-refractivity contribution in [3.8, 4) is 5.75 Å². The van der Waals surface area contributed by atoms with E-state index < -0.39 is 0 Å². The summed E-state index contributed by atoms with van der Waals surface area (Å²) in [5.41, 5.74) is 7.86. The molecule has 0 radical (unpaired) electrons. The highest BCUT2D eigenvalue weighted by molar-refractivity contribution is 7.98. The fourth-order valence-electron chi connectivity index (χ4n) is 1.57. The van der Waals surface area contributed by atoms with Crippen LogP contribution in [-0.2, 0) is 5.75 Å². The Morgan fingerprint density at radius 3 is 2.84 bits per heavy atom. The molecule has 0 spiro atoms. The zero-order chi connectivity index (χ0) is 13.8. The van der Waals surface area contributed by atoms with E-state index in [1.807, 2.05) is 18.2 Å². The highest BCUT2D eigenvalue weighted by atomic mass is 32.2. The van der Waals surface area contributed by atoms with Crippen LogP contribution in [0, 0.1) is 0 Å². The van der Waals surface area contributed by atoms with Gasteiger partial charge < -0.3 is 10.5 Å². The maximum atomic E-state index is 5.97. The average molecular weight is 294 g/mol. The van der Waals surface area contributed by atoms with Crippen LogP contribution in [0.15, 0.2) is 28.5 Å². The van der Waals surface area contributed by atoms with Crippen molar-refractivity contribution in [3.05, 3.63) is 34.3 Å². The first-order valence-electron chi connectivity index (χ1n) is 6.10. The standard InChI is InChI=1S/C14H18N2OS2/c1-9(2)14-16-10(8-19-14)7-18-13-6-11(17-3)4-5-12(13)15/h4-6,8-9H,7,15H2,1-3H3. The fraction of sp³-hybridized carbons (Fsp3) is 0.357. The Balaban J connectivity index is 2.05. The number of benzene rings is 1. The Bertz CT molecular complexity index is 552. The van der Waals surface area contributed by atoms with Crippen molar-refractivity contribution in [3.63, 3.8) is 0 Å². The van der Waals surface area contributed by atoms with Crippen molar-refractivity contribution in [2.24, 2.45) is 0 Å². The topological polar surface area (TPSA) is 48.1 Å². The van der Waals surface area contributed by atoms with E-state index in [4.69, 9.17) is 10.5 Å². The SMILES string of the molecule is COc1ccc(N)c(SCc2csc(C(C)C)n2)c1. The Labute approximate surface area is 122 Å². The Hall–Kier alpha value is -1.20. The lowest BCUT2D eigenvalue weighted by Crippen LogP contribution is -1.92. The molecule has 2 aromatic rings. The number of thiazole rings is 1. The Kier molecular flexibility index (Phi) is 4.71. The molecule has 0 fully saturated rings. The number of hydrogen-bond donors (Lipinski definition) is 1. The van der Waals surface area contributed by atoms with Crippen LogP contribution in [0.4, 0.5) is 5.69 Å². The molecule has 0 amide bonds. The van der Waals surface area contributed by atoms with Gasteiger partial charge in [0.2, 0.25) is 0 Å². The predicted molar refractivity (Wildman–Crippen MR) is 83.2 cm³/mol. The number of nitrogens with zero attached hydrogens (tertiary/aromatic N) is 1. The molecule has 5 heteroatoms. The minimum absolute atomic E-state index is 0.491. The maximum absolute atomic E-state index is 5.97. The number of nitrogens with two attached hydrogens (primary N) is 1. The number of aromatic nitrogens is 1. The molecule has 3 nitrogen and oxygen atoms in total. The van der Waals surface area contributed by atoms with Crippen molar-refractivity contribution >= 4 is 28.8 Å². The maximum Gasteiger partial charge on any atom is 0.120 e. The van der Waals surface area contributed by atoms with Gasteiger partial charge in [-0.3, -0.25) is 0 Å². The summed E-state index contributed by atoms with van der Waals surface area (Å²) < 4.78 is 5.22. The van der Waals surface area contributed by atoms with Gasteiger partial charge in [0.15, 0.2) is 0 Å². The van der Waals surface area contributed by atoms with Crippen molar-refractivity contribution in [1.82, 2.24) is 4.98 Å². The highest BCUT2D eigenvalue weighted by Gasteiger charge is 2.08. The van der Waals surface area contributed by atoms with Crippen LogP contribution in [0.3, 0.4) is 0 Å².